The topological polar surface area (TPSA) is 37.8 Å². The Kier molecular flexibility index (Phi) is 3.97. The molecule has 1 aromatic rings. The molecule has 0 unspecified atom stereocenters. The highest BCUT2D eigenvalue weighted by Gasteiger charge is 2.16. The highest BCUT2D eigenvalue weighted by Crippen LogP contribution is 2.23. The molecule has 4 heteroatoms. The van der Waals surface area contributed by atoms with Crippen LogP contribution < -0.4 is 5.32 Å². The molecule has 0 aliphatic rings. The molecule has 0 aliphatic heterocycles. The minimum absolute atomic E-state index is 0.00258. The van der Waals surface area contributed by atoms with Gasteiger partial charge in [0.2, 0.25) is 0 Å². The maximum absolute atomic E-state index is 4.47. The molecule has 1 aromatic heterocycles. The van der Waals surface area contributed by atoms with E-state index in [9.17, 15) is 0 Å². The normalized spacial score (nSPS) is 11.9. The van der Waals surface area contributed by atoms with Crippen LogP contribution in [0.2, 0.25) is 0 Å². The average Bonchev–Trinajstić information content (AvgIpc) is 2.17. The first-order valence-corrected chi connectivity index (χ1v) is 6.33. The largest absolute Gasteiger partial charge is 0.356 e. The molecule has 3 nitrogen and oxygen atoms in total. The van der Waals surface area contributed by atoms with Crippen LogP contribution in [0.15, 0.2) is 12.3 Å². The second-order valence-electron chi connectivity index (χ2n) is 4.29. The van der Waals surface area contributed by atoms with Gasteiger partial charge in [0.05, 0.1) is 4.87 Å². The molecule has 0 radical (unpaired) electrons. The zero-order valence-electron chi connectivity index (χ0n) is 10.0. The van der Waals surface area contributed by atoms with E-state index in [2.05, 4.69) is 49.2 Å². The number of aromatic nitrogens is 2. The summed E-state index contributed by atoms with van der Waals surface area (Å²) in [5, 5.41) is 3.38. The predicted octanol–water partition coefficient (Wildman–Crippen LogP) is 3.11. The van der Waals surface area contributed by atoms with Gasteiger partial charge in [-0.15, -0.1) is 11.8 Å². The molecule has 0 spiro atoms. The molecule has 0 aliphatic carbocycles. The molecule has 1 N–H and O–H groups in total. The van der Waals surface area contributed by atoms with Crippen LogP contribution in [-0.4, -0.2) is 21.1 Å². The van der Waals surface area contributed by atoms with Gasteiger partial charge in [-0.05, 0) is 26.2 Å². The third-order valence-corrected chi connectivity index (χ3v) is 3.25. The molecular weight excluding hydrogens is 206 g/mol. The minimum atomic E-state index is 0.00258. The van der Waals surface area contributed by atoms with Crippen LogP contribution in [0.1, 0.15) is 39.4 Å². The molecule has 84 valence electrons. The zero-order valence-corrected chi connectivity index (χ0v) is 10.9. The Morgan fingerprint density at radius 3 is 2.60 bits per heavy atom. The Labute approximate surface area is 96.1 Å². The summed E-state index contributed by atoms with van der Waals surface area (Å²) >= 11 is 1.76. The second kappa shape index (κ2) is 4.84. The van der Waals surface area contributed by atoms with E-state index in [1.165, 1.54) is 0 Å². The van der Waals surface area contributed by atoms with Gasteiger partial charge < -0.3 is 5.32 Å². The number of hydrogen-bond donors (Lipinski definition) is 1. The summed E-state index contributed by atoms with van der Waals surface area (Å²) in [6.45, 7) is 8.46. The summed E-state index contributed by atoms with van der Waals surface area (Å²) < 4.78 is 0. The Morgan fingerprint density at radius 2 is 2.07 bits per heavy atom. The van der Waals surface area contributed by atoms with E-state index in [1.54, 1.807) is 18.0 Å². The summed E-state index contributed by atoms with van der Waals surface area (Å²) in [7, 11) is 0. The highest BCUT2D eigenvalue weighted by atomic mass is 32.2. The van der Waals surface area contributed by atoms with E-state index in [0.717, 1.165) is 11.6 Å². The molecule has 0 saturated heterocycles. The van der Waals surface area contributed by atoms with Crippen LogP contribution in [0.25, 0.3) is 0 Å². The molecule has 0 fully saturated rings. The molecule has 0 amide bonds. The van der Waals surface area contributed by atoms with Crippen LogP contribution in [0.5, 0.6) is 0 Å². The van der Waals surface area contributed by atoms with Gasteiger partial charge in [-0.1, -0.05) is 13.8 Å². The summed E-state index contributed by atoms with van der Waals surface area (Å²) in [6.07, 6.45) is 3.89. The average molecular weight is 225 g/mol. The standard InChI is InChI=1S/C11H19N3S/c1-8(2)10-12-7-6-9(13-10)14-11(3,4)15-5/h6-8H,1-5H3,(H,12,13,14). The number of anilines is 1. The van der Waals surface area contributed by atoms with Gasteiger partial charge in [-0.2, -0.15) is 0 Å². The van der Waals surface area contributed by atoms with Crippen molar-refractivity contribution in [2.24, 2.45) is 0 Å². The van der Waals surface area contributed by atoms with E-state index in [0.29, 0.717) is 5.92 Å². The quantitative estimate of drug-likeness (QED) is 0.799. The van der Waals surface area contributed by atoms with E-state index >= 15 is 0 Å². The number of nitrogens with one attached hydrogen (secondary N) is 1. The third-order valence-electron chi connectivity index (χ3n) is 2.13. The van der Waals surface area contributed by atoms with Gasteiger partial charge in [0.15, 0.2) is 0 Å². The lowest BCUT2D eigenvalue weighted by Crippen LogP contribution is -2.26. The van der Waals surface area contributed by atoms with Crippen molar-refractivity contribution in [1.82, 2.24) is 9.97 Å². The second-order valence-corrected chi connectivity index (χ2v) is 5.72. The molecule has 0 bridgehead atoms. The number of nitrogens with zero attached hydrogens (tertiary/aromatic N) is 2. The van der Waals surface area contributed by atoms with Gasteiger partial charge in [-0.25, -0.2) is 9.97 Å². The van der Waals surface area contributed by atoms with Crippen LogP contribution in [-0.2, 0) is 0 Å². The number of thioether (sulfide) groups is 1. The Hall–Kier alpha value is -0.770. The van der Waals surface area contributed by atoms with Crippen LogP contribution in [0.3, 0.4) is 0 Å². The van der Waals surface area contributed by atoms with Gasteiger partial charge in [0, 0.05) is 12.1 Å². The maximum Gasteiger partial charge on any atom is 0.133 e. The minimum Gasteiger partial charge on any atom is -0.356 e. The molecule has 0 aromatic carbocycles. The van der Waals surface area contributed by atoms with Crippen molar-refractivity contribution in [3.8, 4) is 0 Å². The van der Waals surface area contributed by atoms with Gasteiger partial charge in [0.25, 0.3) is 0 Å². The fourth-order valence-corrected chi connectivity index (χ4v) is 1.29. The van der Waals surface area contributed by atoms with Gasteiger partial charge in [0.1, 0.15) is 11.6 Å². The maximum atomic E-state index is 4.47. The first-order chi connectivity index (χ1) is 6.94. The first kappa shape index (κ1) is 12.3. The van der Waals surface area contributed by atoms with Gasteiger partial charge >= 0.3 is 0 Å². The lowest BCUT2D eigenvalue weighted by Gasteiger charge is -2.24. The van der Waals surface area contributed by atoms with Crippen molar-refractivity contribution < 1.29 is 0 Å². The Balaban J connectivity index is 2.82. The first-order valence-electron chi connectivity index (χ1n) is 5.11. The fourth-order valence-electron chi connectivity index (χ4n) is 1.08. The smallest absolute Gasteiger partial charge is 0.133 e. The summed E-state index contributed by atoms with van der Waals surface area (Å²) in [6, 6.07) is 1.91. The SMILES string of the molecule is CSC(C)(C)Nc1ccnc(C(C)C)n1. The molecule has 0 atom stereocenters. The molecular formula is C11H19N3S. The van der Waals surface area contributed by atoms with Crippen molar-refractivity contribution >= 4 is 17.6 Å². The van der Waals surface area contributed by atoms with Crippen molar-refractivity contribution in [2.45, 2.75) is 38.5 Å². The Morgan fingerprint density at radius 1 is 1.40 bits per heavy atom. The van der Waals surface area contributed by atoms with Crippen molar-refractivity contribution in [3.05, 3.63) is 18.1 Å². The zero-order chi connectivity index (χ0) is 11.5. The van der Waals surface area contributed by atoms with Crippen molar-refractivity contribution in [1.29, 1.82) is 0 Å². The molecule has 0 saturated carbocycles. The molecule has 1 rings (SSSR count). The van der Waals surface area contributed by atoms with Crippen LogP contribution >= 0.6 is 11.8 Å². The monoisotopic (exact) mass is 225 g/mol. The Bertz CT molecular complexity index is 323. The summed E-state index contributed by atoms with van der Waals surface area (Å²) in [5.41, 5.74) is 0. The fraction of sp³-hybridized carbons (Fsp3) is 0.636. The number of hydrogen-bond acceptors (Lipinski definition) is 4. The van der Waals surface area contributed by atoms with Gasteiger partial charge in [-0.3, -0.25) is 0 Å². The van der Waals surface area contributed by atoms with E-state index < -0.39 is 0 Å². The van der Waals surface area contributed by atoms with Crippen LogP contribution in [0, 0.1) is 0 Å². The lowest BCUT2D eigenvalue weighted by atomic mass is 10.2. The lowest BCUT2D eigenvalue weighted by molar-refractivity contribution is 0.761. The summed E-state index contributed by atoms with van der Waals surface area (Å²) in [5.74, 6) is 2.15. The molecule has 1 heterocycles. The highest BCUT2D eigenvalue weighted by molar-refractivity contribution is 8.00. The summed E-state index contributed by atoms with van der Waals surface area (Å²) in [4.78, 5) is 8.71. The van der Waals surface area contributed by atoms with E-state index in [-0.39, 0.29) is 4.87 Å². The molecule has 15 heavy (non-hydrogen) atoms. The number of rotatable bonds is 4. The predicted molar refractivity (Wildman–Crippen MR) is 67.3 cm³/mol. The van der Waals surface area contributed by atoms with Crippen molar-refractivity contribution in [3.63, 3.8) is 0 Å². The third kappa shape index (κ3) is 3.70. The van der Waals surface area contributed by atoms with E-state index in [1.807, 2.05) is 6.07 Å². The van der Waals surface area contributed by atoms with Crippen LogP contribution in [0.4, 0.5) is 5.82 Å². The van der Waals surface area contributed by atoms with E-state index in [4.69, 9.17) is 0 Å². The van der Waals surface area contributed by atoms with Crippen molar-refractivity contribution in [2.75, 3.05) is 11.6 Å².